The lowest BCUT2D eigenvalue weighted by molar-refractivity contribution is 0.0605. The Morgan fingerprint density at radius 3 is 2.35 bits per heavy atom. The summed E-state index contributed by atoms with van der Waals surface area (Å²) in [6.45, 7) is 4.16. The van der Waals surface area contributed by atoms with E-state index in [4.69, 9.17) is 14.2 Å². The predicted octanol–water partition coefficient (Wildman–Crippen LogP) is 2.22. The van der Waals surface area contributed by atoms with Gasteiger partial charge in [-0.3, -0.25) is 0 Å². The predicted molar refractivity (Wildman–Crippen MR) is 81.5 cm³/mol. The Balaban J connectivity index is 2.07. The number of hydrogen-bond acceptors (Lipinski definition) is 4. The van der Waals surface area contributed by atoms with Crippen LogP contribution < -0.4 is 4.74 Å². The molecule has 0 fully saturated rings. The Morgan fingerprint density at radius 2 is 1.70 bits per heavy atom. The van der Waals surface area contributed by atoms with Gasteiger partial charge in [-0.05, 0) is 44.1 Å². The van der Waals surface area contributed by atoms with Crippen molar-refractivity contribution in [2.24, 2.45) is 0 Å². The summed E-state index contributed by atoms with van der Waals surface area (Å²) in [5.41, 5.74) is 1.36. The van der Waals surface area contributed by atoms with Gasteiger partial charge >= 0.3 is 0 Å². The molecule has 0 unspecified atom stereocenters. The van der Waals surface area contributed by atoms with Gasteiger partial charge in [0.1, 0.15) is 5.75 Å². The summed E-state index contributed by atoms with van der Waals surface area (Å²) in [5.74, 6) is 0.916. The number of aryl methyl sites for hydroxylation is 1. The molecule has 0 aliphatic heterocycles. The molecule has 0 spiro atoms. The SMILES string of the molecule is COCCOCCN(C)CCCc1ccc(OC)cc1. The monoisotopic (exact) mass is 281 g/mol. The highest BCUT2D eigenvalue weighted by Gasteiger charge is 2.00. The molecule has 1 aromatic carbocycles. The lowest BCUT2D eigenvalue weighted by Crippen LogP contribution is -2.25. The van der Waals surface area contributed by atoms with Crippen LogP contribution in [0.1, 0.15) is 12.0 Å². The Labute approximate surface area is 122 Å². The molecule has 114 valence electrons. The van der Waals surface area contributed by atoms with Gasteiger partial charge in [-0.15, -0.1) is 0 Å². The van der Waals surface area contributed by atoms with Crippen molar-refractivity contribution in [3.8, 4) is 5.75 Å². The number of hydrogen-bond donors (Lipinski definition) is 0. The quantitative estimate of drug-likeness (QED) is 0.582. The molecule has 4 heteroatoms. The molecule has 0 heterocycles. The van der Waals surface area contributed by atoms with E-state index in [0.29, 0.717) is 13.2 Å². The molecule has 0 radical (unpaired) electrons. The molecule has 0 aliphatic carbocycles. The first kappa shape index (κ1) is 17.0. The summed E-state index contributed by atoms with van der Waals surface area (Å²) in [6.07, 6.45) is 2.25. The highest BCUT2D eigenvalue weighted by molar-refractivity contribution is 5.27. The van der Waals surface area contributed by atoms with Crippen LogP contribution in [0.25, 0.3) is 0 Å². The maximum atomic E-state index is 5.45. The molecule has 0 aromatic heterocycles. The van der Waals surface area contributed by atoms with Crippen LogP contribution in [0, 0.1) is 0 Å². The van der Waals surface area contributed by atoms with Crippen molar-refractivity contribution < 1.29 is 14.2 Å². The average molecular weight is 281 g/mol. The number of ether oxygens (including phenoxy) is 3. The maximum absolute atomic E-state index is 5.45. The lowest BCUT2D eigenvalue weighted by atomic mass is 10.1. The Hall–Kier alpha value is -1.10. The van der Waals surface area contributed by atoms with Crippen LogP contribution in [-0.4, -0.2) is 59.1 Å². The molecule has 20 heavy (non-hydrogen) atoms. The molecule has 0 atom stereocenters. The van der Waals surface area contributed by atoms with E-state index in [9.17, 15) is 0 Å². The Kier molecular flexibility index (Phi) is 9.04. The summed E-state index contributed by atoms with van der Waals surface area (Å²) in [6, 6.07) is 8.30. The first-order valence-corrected chi connectivity index (χ1v) is 7.14. The standard InChI is InChI=1S/C16H27NO3/c1-17(11-12-20-14-13-18-2)10-4-5-15-6-8-16(19-3)9-7-15/h6-9H,4-5,10-14H2,1-3H3. The minimum absolute atomic E-state index is 0.668. The van der Waals surface area contributed by atoms with Crippen LogP contribution in [0.5, 0.6) is 5.75 Å². The largest absolute Gasteiger partial charge is 0.497 e. The fourth-order valence-electron chi connectivity index (χ4n) is 1.92. The van der Waals surface area contributed by atoms with Gasteiger partial charge in [0.15, 0.2) is 0 Å². The van der Waals surface area contributed by atoms with E-state index in [-0.39, 0.29) is 0 Å². The van der Waals surface area contributed by atoms with Crippen LogP contribution in [0.4, 0.5) is 0 Å². The first-order chi connectivity index (χ1) is 9.76. The molecule has 0 amide bonds. The zero-order valence-corrected chi connectivity index (χ0v) is 12.9. The van der Waals surface area contributed by atoms with Crippen molar-refractivity contribution in [1.82, 2.24) is 4.90 Å². The summed E-state index contributed by atoms with van der Waals surface area (Å²) < 4.78 is 15.5. The van der Waals surface area contributed by atoms with Crippen LogP contribution in [0.3, 0.4) is 0 Å². The number of likely N-dealkylation sites (N-methyl/N-ethyl adjacent to an activating group) is 1. The van der Waals surface area contributed by atoms with Crippen molar-refractivity contribution in [3.05, 3.63) is 29.8 Å². The van der Waals surface area contributed by atoms with Crippen molar-refractivity contribution in [1.29, 1.82) is 0 Å². The van der Waals surface area contributed by atoms with E-state index in [1.807, 2.05) is 12.1 Å². The van der Waals surface area contributed by atoms with Crippen molar-refractivity contribution in [2.75, 3.05) is 54.2 Å². The number of benzene rings is 1. The highest BCUT2D eigenvalue weighted by atomic mass is 16.5. The third kappa shape index (κ3) is 7.48. The second-order valence-corrected chi connectivity index (χ2v) is 4.86. The van der Waals surface area contributed by atoms with Crippen LogP contribution in [0.2, 0.25) is 0 Å². The summed E-state index contributed by atoms with van der Waals surface area (Å²) in [7, 11) is 5.51. The van der Waals surface area contributed by atoms with E-state index in [1.54, 1.807) is 14.2 Å². The molecule has 0 aliphatic rings. The smallest absolute Gasteiger partial charge is 0.118 e. The van der Waals surface area contributed by atoms with E-state index < -0.39 is 0 Å². The van der Waals surface area contributed by atoms with Crippen LogP contribution >= 0.6 is 0 Å². The zero-order chi connectivity index (χ0) is 14.6. The summed E-state index contributed by atoms with van der Waals surface area (Å²) in [5, 5.41) is 0. The first-order valence-electron chi connectivity index (χ1n) is 7.14. The maximum Gasteiger partial charge on any atom is 0.118 e. The van der Waals surface area contributed by atoms with Crippen LogP contribution in [0.15, 0.2) is 24.3 Å². The second kappa shape index (κ2) is 10.7. The number of methoxy groups -OCH3 is 2. The molecular formula is C16H27NO3. The van der Waals surface area contributed by atoms with Gasteiger partial charge in [0, 0.05) is 13.7 Å². The summed E-state index contributed by atoms with van der Waals surface area (Å²) >= 11 is 0. The fraction of sp³-hybridized carbons (Fsp3) is 0.625. The van der Waals surface area contributed by atoms with E-state index in [1.165, 1.54) is 5.56 Å². The fourth-order valence-corrected chi connectivity index (χ4v) is 1.92. The molecule has 4 nitrogen and oxygen atoms in total. The van der Waals surface area contributed by atoms with Crippen molar-refractivity contribution in [2.45, 2.75) is 12.8 Å². The van der Waals surface area contributed by atoms with E-state index in [2.05, 4.69) is 24.1 Å². The van der Waals surface area contributed by atoms with Gasteiger partial charge in [-0.1, -0.05) is 12.1 Å². The van der Waals surface area contributed by atoms with Gasteiger partial charge in [0.25, 0.3) is 0 Å². The highest BCUT2D eigenvalue weighted by Crippen LogP contribution is 2.12. The number of nitrogens with zero attached hydrogens (tertiary/aromatic N) is 1. The molecule has 1 rings (SSSR count). The zero-order valence-electron chi connectivity index (χ0n) is 12.9. The van der Waals surface area contributed by atoms with Gasteiger partial charge in [0.05, 0.1) is 26.9 Å². The second-order valence-electron chi connectivity index (χ2n) is 4.86. The third-order valence-electron chi connectivity index (χ3n) is 3.21. The topological polar surface area (TPSA) is 30.9 Å². The van der Waals surface area contributed by atoms with Gasteiger partial charge in [0.2, 0.25) is 0 Å². The Morgan fingerprint density at radius 1 is 0.950 bits per heavy atom. The summed E-state index contributed by atoms with van der Waals surface area (Å²) in [4.78, 5) is 2.30. The Bertz CT molecular complexity index is 340. The van der Waals surface area contributed by atoms with Crippen LogP contribution in [-0.2, 0) is 15.9 Å². The van der Waals surface area contributed by atoms with Gasteiger partial charge < -0.3 is 19.1 Å². The molecule has 0 saturated carbocycles. The van der Waals surface area contributed by atoms with Crippen molar-refractivity contribution >= 4 is 0 Å². The van der Waals surface area contributed by atoms with Gasteiger partial charge in [-0.25, -0.2) is 0 Å². The van der Waals surface area contributed by atoms with Crippen molar-refractivity contribution in [3.63, 3.8) is 0 Å². The normalized spacial score (nSPS) is 11.0. The molecular weight excluding hydrogens is 254 g/mol. The molecule has 0 N–H and O–H groups in total. The van der Waals surface area contributed by atoms with E-state index in [0.717, 1.165) is 38.3 Å². The number of rotatable bonds is 11. The minimum Gasteiger partial charge on any atom is -0.497 e. The molecule has 0 bridgehead atoms. The molecule has 1 aromatic rings. The average Bonchev–Trinajstić information content (AvgIpc) is 2.48. The van der Waals surface area contributed by atoms with E-state index >= 15 is 0 Å². The van der Waals surface area contributed by atoms with Gasteiger partial charge in [-0.2, -0.15) is 0 Å². The minimum atomic E-state index is 0.668. The molecule has 0 saturated heterocycles. The lowest BCUT2D eigenvalue weighted by Gasteiger charge is -2.16. The third-order valence-corrected chi connectivity index (χ3v) is 3.21.